The summed E-state index contributed by atoms with van der Waals surface area (Å²) >= 11 is 0. The summed E-state index contributed by atoms with van der Waals surface area (Å²) in [6.45, 7) is 2.93. The van der Waals surface area contributed by atoms with Crippen molar-refractivity contribution in [3.63, 3.8) is 0 Å². The van der Waals surface area contributed by atoms with Gasteiger partial charge in [0.1, 0.15) is 12.7 Å². The van der Waals surface area contributed by atoms with Crippen molar-refractivity contribution in [3.05, 3.63) is 24.3 Å². The second-order valence-corrected chi connectivity index (χ2v) is 15.5. The van der Waals surface area contributed by atoms with Gasteiger partial charge in [-0.3, -0.25) is 14.1 Å². The Labute approximate surface area is 329 Å². The molecule has 11 nitrogen and oxygen atoms in total. The van der Waals surface area contributed by atoms with Gasteiger partial charge in [-0.25, -0.2) is 4.57 Å². The molecule has 12 heteroatoms. The molecule has 0 bridgehead atoms. The summed E-state index contributed by atoms with van der Waals surface area (Å²) in [6.07, 6.45) is 38.0. The molecule has 0 heterocycles. The second-order valence-electron chi connectivity index (χ2n) is 14.3. The number of carbonyl (C=O) groups is 2. The third-order valence-corrected chi connectivity index (χ3v) is 9.35. The molecule has 0 rings (SSSR count). The number of allylic oxidation sites excluding steroid dienone is 4. The first kappa shape index (κ1) is 54.5. The Balaban J connectivity index is 0. The zero-order chi connectivity index (χ0) is 40.4. The van der Waals surface area contributed by atoms with E-state index in [1.165, 1.54) is 89.9 Å². The number of hydrogen-bond acceptors (Lipinski definition) is 9. The van der Waals surface area contributed by atoms with Gasteiger partial charge < -0.3 is 34.6 Å². The van der Waals surface area contributed by atoms with Crippen LogP contribution in [-0.4, -0.2) is 75.7 Å². The van der Waals surface area contributed by atoms with Crippen molar-refractivity contribution in [3.8, 4) is 0 Å². The zero-order valence-electron chi connectivity index (χ0n) is 34.2. The van der Waals surface area contributed by atoms with Crippen LogP contribution < -0.4 is 0 Å². The van der Waals surface area contributed by atoms with E-state index in [2.05, 4.69) is 42.7 Å². The molecule has 0 aromatic rings. The number of phosphoric ester groups is 1. The van der Waals surface area contributed by atoms with E-state index in [0.717, 1.165) is 64.2 Å². The predicted molar refractivity (Wildman–Crippen MR) is 218 cm³/mol. The second kappa shape index (κ2) is 42.6. The van der Waals surface area contributed by atoms with Gasteiger partial charge in [-0.1, -0.05) is 141 Å². The van der Waals surface area contributed by atoms with Crippen LogP contribution in [0.1, 0.15) is 194 Å². The van der Waals surface area contributed by atoms with Crippen molar-refractivity contribution in [1.82, 2.24) is 0 Å². The maximum absolute atomic E-state index is 12.4. The Morgan fingerprint density at radius 1 is 0.537 bits per heavy atom. The molecule has 54 heavy (non-hydrogen) atoms. The predicted octanol–water partition coefficient (Wildman–Crippen LogP) is 9.96. The van der Waals surface area contributed by atoms with Crippen molar-refractivity contribution in [2.45, 2.75) is 206 Å². The monoisotopic (exact) mass is 793 g/mol. The van der Waals surface area contributed by atoms with Crippen LogP contribution in [0.2, 0.25) is 0 Å². The third kappa shape index (κ3) is 46.6. The minimum absolute atomic E-state index is 0.202. The number of phosphoric acid groups is 1. The lowest BCUT2D eigenvalue weighted by molar-refractivity contribution is -0.161. The van der Waals surface area contributed by atoms with Gasteiger partial charge in [0.25, 0.3) is 0 Å². The molecule has 0 aromatic heterocycles. The van der Waals surface area contributed by atoms with Gasteiger partial charge in [0.15, 0.2) is 6.10 Å². The summed E-state index contributed by atoms with van der Waals surface area (Å²) in [6, 6.07) is 0. The molecular weight excluding hydrogens is 711 g/mol. The number of aliphatic hydroxyl groups excluding tert-OH is 3. The van der Waals surface area contributed by atoms with Crippen molar-refractivity contribution < 1.29 is 53.3 Å². The SMILES string of the molecule is CCCCCCCC/C=C\CCCCCCCC(=O)OCC(COP(=O)(O)O)OC(=O)CCCCCCC/C=C\CCCCCCCC.OCC(O)CO. The number of hydrogen-bond donors (Lipinski definition) is 5. The highest BCUT2D eigenvalue weighted by Crippen LogP contribution is 2.36. The van der Waals surface area contributed by atoms with E-state index in [-0.39, 0.29) is 32.7 Å². The minimum Gasteiger partial charge on any atom is -0.462 e. The zero-order valence-corrected chi connectivity index (χ0v) is 35.1. The summed E-state index contributed by atoms with van der Waals surface area (Å²) in [4.78, 5) is 42.7. The van der Waals surface area contributed by atoms with E-state index < -0.39 is 38.6 Å². The lowest BCUT2D eigenvalue weighted by Gasteiger charge is -2.18. The van der Waals surface area contributed by atoms with Gasteiger partial charge in [-0.05, 0) is 64.2 Å². The highest BCUT2D eigenvalue weighted by molar-refractivity contribution is 7.46. The first-order valence-corrected chi connectivity index (χ1v) is 22.9. The molecule has 0 spiro atoms. The highest BCUT2D eigenvalue weighted by atomic mass is 31.2. The highest BCUT2D eigenvalue weighted by Gasteiger charge is 2.22. The normalized spacial score (nSPS) is 12.4. The molecule has 1 unspecified atom stereocenters. The van der Waals surface area contributed by atoms with Gasteiger partial charge in [-0.2, -0.15) is 0 Å². The summed E-state index contributed by atoms with van der Waals surface area (Å²) in [5.41, 5.74) is 0. The van der Waals surface area contributed by atoms with Gasteiger partial charge in [-0.15, -0.1) is 0 Å². The first-order valence-electron chi connectivity index (χ1n) is 21.3. The fourth-order valence-corrected chi connectivity index (χ4v) is 5.90. The quantitative estimate of drug-likeness (QED) is 0.0174. The molecule has 0 saturated heterocycles. The Morgan fingerprint density at radius 3 is 1.24 bits per heavy atom. The molecule has 5 N–H and O–H groups in total. The molecule has 1 atom stereocenters. The lowest BCUT2D eigenvalue weighted by atomic mass is 10.1. The molecule has 0 amide bonds. The van der Waals surface area contributed by atoms with Crippen LogP contribution in [0.3, 0.4) is 0 Å². The van der Waals surface area contributed by atoms with E-state index in [4.69, 9.17) is 34.6 Å². The molecule has 0 aliphatic heterocycles. The van der Waals surface area contributed by atoms with Crippen molar-refractivity contribution in [2.75, 3.05) is 26.4 Å². The van der Waals surface area contributed by atoms with Gasteiger partial charge >= 0.3 is 19.8 Å². The summed E-state index contributed by atoms with van der Waals surface area (Å²) in [5.74, 6) is -0.901. The topological polar surface area (TPSA) is 180 Å². The number of carbonyl (C=O) groups excluding carboxylic acids is 2. The molecule has 0 radical (unpaired) electrons. The Bertz CT molecular complexity index is 918. The van der Waals surface area contributed by atoms with E-state index in [1.54, 1.807) is 0 Å². The van der Waals surface area contributed by atoms with Crippen molar-refractivity contribution >= 4 is 19.8 Å². The largest absolute Gasteiger partial charge is 0.469 e. The fourth-order valence-electron chi connectivity index (χ4n) is 5.54. The molecule has 0 saturated carbocycles. The lowest BCUT2D eigenvalue weighted by Crippen LogP contribution is -2.29. The summed E-state index contributed by atoms with van der Waals surface area (Å²) in [5, 5.41) is 24.0. The number of unbranched alkanes of at least 4 members (excludes halogenated alkanes) is 22. The molecule has 320 valence electrons. The van der Waals surface area contributed by atoms with Gasteiger partial charge in [0.05, 0.1) is 19.8 Å². The minimum atomic E-state index is -4.75. The fraction of sp³-hybridized carbons (Fsp3) is 0.857. The van der Waals surface area contributed by atoms with Crippen LogP contribution in [0.4, 0.5) is 0 Å². The maximum atomic E-state index is 12.4. The van der Waals surface area contributed by atoms with Crippen LogP contribution >= 0.6 is 7.82 Å². The molecule has 0 aliphatic carbocycles. The maximum Gasteiger partial charge on any atom is 0.469 e. The number of rotatable bonds is 38. The molecule has 0 aromatic carbocycles. The Kier molecular flexibility index (Phi) is 43.0. The third-order valence-electron chi connectivity index (χ3n) is 8.86. The van der Waals surface area contributed by atoms with E-state index in [9.17, 15) is 14.2 Å². The number of ether oxygens (including phenoxy) is 2. The molecule has 0 aliphatic rings. The average molecular weight is 793 g/mol. The molecule has 0 fully saturated rings. The Morgan fingerprint density at radius 2 is 0.889 bits per heavy atom. The van der Waals surface area contributed by atoms with E-state index in [0.29, 0.717) is 12.8 Å². The smallest absolute Gasteiger partial charge is 0.462 e. The average Bonchev–Trinajstić information content (AvgIpc) is 3.15. The first-order chi connectivity index (χ1) is 26.1. The van der Waals surface area contributed by atoms with Gasteiger partial charge in [0.2, 0.25) is 0 Å². The van der Waals surface area contributed by atoms with Crippen LogP contribution in [-0.2, 0) is 28.2 Å². The van der Waals surface area contributed by atoms with Crippen molar-refractivity contribution in [1.29, 1.82) is 0 Å². The Hall–Kier alpha value is -1.59. The van der Waals surface area contributed by atoms with Crippen LogP contribution in [0, 0.1) is 0 Å². The molecular formula is C42H81O11P. The summed E-state index contributed by atoms with van der Waals surface area (Å²) < 4.78 is 26.3. The standard InChI is InChI=1S/C39H73O8P.C3H8O3/c1-3-5-7-9-11-13-15-17-19-21-23-25-27-29-31-33-38(40)45-35-37(36-46-48(42,43)44)47-39(41)34-32-30-28-26-24-22-20-18-16-14-12-10-8-6-4-2;4-1-3(6)2-5/h17-20,37H,3-16,21-36H2,1-2H3,(H2,42,43,44);3-6H,1-2H2/b19-17-,20-18-;. The number of aliphatic hydroxyl groups is 3. The van der Waals surface area contributed by atoms with E-state index >= 15 is 0 Å². The number of esters is 2. The van der Waals surface area contributed by atoms with Crippen LogP contribution in [0.5, 0.6) is 0 Å². The summed E-state index contributed by atoms with van der Waals surface area (Å²) in [7, 11) is -4.75. The van der Waals surface area contributed by atoms with Crippen molar-refractivity contribution in [2.24, 2.45) is 0 Å². The van der Waals surface area contributed by atoms with Crippen LogP contribution in [0.15, 0.2) is 24.3 Å². The van der Waals surface area contributed by atoms with E-state index in [1.807, 2.05) is 0 Å². The van der Waals surface area contributed by atoms with Gasteiger partial charge in [0, 0.05) is 12.8 Å². The van der Waals surface area contributed by atoms with Crippen LogP contribution in [0.25, 0.3) is 0 Å².